The van der Waals surface area contributed by atoms with Crippen molar-refractivity contribution in [3.8, 4) is 11.1 Å². The molecular formula is C37H42BrFN8O3. The van der Waals surface area contributed by atoms with Crippen LogP contribution in [0.2, 0.25) is 0 Å². The summed E-state index contributed by atoms with van der Waals surface area (Å²) >= 11 is 3.46. The number of aromatic nitrogens is 5. The number of amides is 2. The molecule has 3 atom stereocenters. The first-order valence-corrected chi connectivity index (χ1v) is 18.2. The number of rotatable bonds is 5. The Hall–Kier alpha value is -4.10. The molecule has 2 fully saturated rings. The summed E-state index contributed by atoms with van der Waals surface area (Å²) in [4.78, 5) is 58.5. The van der Waals surface area contributed by atoms with Crippen molar-refractivity contribution in [2.24, 2.45) is 5.41 Å². The van der Waals surface area contributed by atoms with Crippen molar-refractivity contribution in [2.45, 2.75) is 97.1 Å². The van der Waals surface area contributed by atoms with Gasteiger partial charge < -0.3 is 15.1 Å². The Bertz CT molecular complexity index is 1970. The molecule has 0 radical (unpaired) electrons. The van der Waals surface area contributed by atoms with Crippen LogP contribution in [0.4, 0.5) is 10.2 Å². The first kappa shape index (κ1) is 34.4. The van der Waals surface area contributed by atoms with Gasteiger partial charge in [0.05, 0.1) is 5.52 Å². The van der Waals surface area contributed by atoms with Crippen molar-refractivity contribution in [3.63, 3.8) is 0 Å². The van der Waals surface area contributed by atoms with Crippen LogP contribution in [0.15, 0.2) is 41.3 Å². The number of aryl methyl sites for hydroxylation is 1. The maximum atomic E-state index is 14.7. The van der Waals surface area contributed by atoms with E-state index in [-0.39, 0.29) is 41.3 Å². The minimum atomic E-state index is -0.827. The van der Waals surface area contributed by atoms with Gasteiger partial charge in [0, 0.05) is 54.0 Å². The monoisotopic (exact) mass is 744 g/mol. The normalized spacial score (nSPS) is 23.0. The Kier molecular flexibility index (Phi) is 9.55. The molecule has 1 saturated carbocycles. The van der Waals surface area contributed by atoms with Gasteiger partial charge in [0.1, 0.15) is 41.2 Å². The molecule has 3 aromatic heterocycles. The molecule has 2 aliphatic heterocycles. The molecule has 2 amide bonds. The number of likely N-dealkylation sites (tertiary alicyclic amines) is 1. The van der Waals surface area contributed by atoms with Crippen molar-refractivity contribution in [2.75, 3.05) is 18.9 Å². The topological polar surface area (TPSA) is 126 Å². The lowest BCUT2D eigenvalue weighted by Crippen LogP contribution is -2.47. The lowest BCUT2D eigenvalue weighted by atomic mass is 9.92. The highest BCUT2D eigenvalue weighted by Crippen LogP contribution is 2.62. The Morgan fingerprint density at radius 1 is 1.06 bits per heavy atom. The average Bonchev–Trinajstić information content (AvgIpc) is 3.49. The number of pyridine rings is 1. The molecule has 11 nitrogen and oxygen atoms in total. The van der Waals surface area contributed by atoms with E-state index in [1.807, 2.05) is 12.1 Å². The average molecular weight is 746 g/mol. The summed E-state index contributed by atoms with van der Waals surface area (Å²) in [6.07, 6.45) is 11.3. The third-order valence-corrected chi connectivity index (χ3v) is 11.1. The summed E-state index contributed by atoms with van der Waals surface area (Å²) in [5, 5.41) is 8.12. The molecule has 0 unspecified atom stereocenters. The number of hydrogen-bond acceptors (Lipinski definition) is 8. The minimum absolute atomic E-state index is 0.0644. The van der Waals surface area contributed by atoms with E-state index in [2.05, 4.69) is 53.2 Å². The Labute approximate surface area is 299 Å². The second-order valence-corrected chi connectivity index (χ2v) is 15.0. The van der Waals surface area contributed by atoms with Crippen LogP contribution in [0, 0.1) is 12.3 Å². The van der Waals surface area contributed by atoms with Gasteiger partial charge in [0.2, 0.25) is 11.8 Å². The number of anilines is 1. The molecule has 13 heteroatoms. The van der Waals surface area contributed by atoms with Gasteiger partial charge in [-0.3, -0.25) is 19.1 Å². The van der Waals surface area contributed by atoms with E-state index in [0.29, 0.717) is 56.8 Å². The van der Waals surface area contributed by atoms with Gasteiger partial charge in [0.25, 0.3) is 0 Å². The number of fused-ring (bicyclic) bond motifs is 3. The van der Waals surface area contributed by atoms with Crippen molar-refractivity contribution >= 4 is 50.2 Å². The van der Waals surface area contributed by atoms with Crippen molar-refractivity contribution in [3.05, 3.63) is 63.9 Å². The van der Waals surface area contributed by atoms with E-state index in [0.717, 1.165) is 57.1 Å². The number of ketones is 1. The summed E-state index contributed by atoms with van der Waals surface area (Å²) in [6.45, 7) is 3.73. The molecule has 1 spiro atoms. The molecule has 262 valence electrons. The largest absolute Gasteiger partial charge is 0.325 e. The highest BCUT2D eigenvalue weighted by atomic mass is 79.9. The Balaban J connectivity index is 1.22. The molecule has 5 heterocycles. The molecular weight excluding hydrogens is 703 g/mol. The lowest BCUT2D eigenvalue weighted by Gasteiger charge is -2.27. The number of Topliss-reactive ketones (excluding diaryl/α,β-unsaturated/α-hetero) is 1. The second kappa shape index (κ2) is 13.9. The quantitative estimate of drug-likeness (QED) is 0.184. The van der Waals surface area contributed by atoms with E-state index < -0.39 is 12.7 Å². The van der Waals surface area contributed by atoms with Gasteiger partial charge in [-0.25, -0.2) is 19.3 Å². The number of benzene rings is 1. The fourth-order valence-corrected chi connectivity index (χ4v) is 8.34. The van der Waals surface area contributed by atoms with Crippen LogP contribution in [-0.2, 0) is 29.4 Å². The van der Waals surface area contributed by atoms with Crippen molar-refractivity contribution in [1.29, 1.82) is 0 Å². The molecule has 50 heavy (non-hydrogen) atoms. The molecule has 4 aromatic rings. The van der Waals surface area contributed by atoms with E-state index in [1.165, 1.54) is 11.6 Å². The second-order valence-electron chi connectivity index (χ2n) is 14.2. The number of nitrogens with zero attached hydrogens (tertiary/aromatic N) is 7. The number of halogens is 2. The van der Waals surface area contributed by atoms with Crippen LogP contribution >= 0.6 is 15.9 Å². The summed E-state index contributed by atoms with van der Waals surface area (Å²) in [5.41, 5.74) is 2.98. The number of alkyl halides is 1. The molecule has 1 saturated heterocycles. The van der Waals surface area contributed by atoms with Crippen LogP contribution in [0.3, 0.4) is 0 Å². The summed E-state index contributed by atoms with van der Waals surface area (Å²) < 4.78 is 16.8. The van der Waals surface area contributed by atoms with Gasteiger partial charge in [-0.1, -0.05) is 31.7 Å². The predicted molar refractivity (Wildman–Crippen MR) is 191 cm³/mol. The number of piperidine rings is 1. The van der Waals surface area contributed by atoms with Crippen LogP contribution in [0.5, 0.6) is 0 Å². The first-order chi connectivity index (χ1) is 24.1. The van der Waals surface area contributed by atoms with E-state index >= 15 is 0 Å². The highest BCUT2D eigenvalue weighted by Gasteiger charge is 2.66. The zero-order valence-corrected chi connectivity index (χ0v) is 30.3. The molecule has 3 aliphatic rings. The summed E-state index contributed by atoms with van der Waals surface area (Å²) in [7, 11) is 2.08. The zero-order chi connectivity index (χ0) is 35.2. The van der Waals surface area contributed by atoms with Gasteiger partial charge in [0.15, 0.2) is 5.78 Å². The van der Waals surface area contributed by atoms with E-state index in [4.69, 9.17) is 0 Å². The Morgan fingerprint density at radius 3 is 2.58 bits per heavy atom. The lowest BCUT2D eigenvalue weighted by molar-refractivity contribution is -0.138. The summed E-state index contributed by atoms with van der Waals surface area (Å²) in [5.74, 6) is 0.243. The van der Waals surface area contributed by atoms with E-state index in [9.17, 15) is 18.8 Å². The molecule has 2 bridgehead atoms. The maximum absolute atomic E-state index is 14.7. The third kappa shape index (κ3) is 6.69. The Morgan fingerprint density at radius 2 is 1.82 bits per heavy atom. The van der Waals surface area contributed by atoms with Crippen molar-refractivity contribution in [1.82, 2.24) is 34.5 Å². The van der Waals surface area contributed by atoms with Crippen LogP contribution < -0.4 is 5.32 Å². The third-order valence-electron chi connectivity index (χ3n) is 10.6. The fraction of sp³-hybridized carbons (Fsp3) is 0.486. The number of carbonyl (C=O) groups is 3. The summed E-state index contributed by atoms with van der Waals surface area (Å²) in [6, 6.07) is 6.56. The smallest absolute Gasteiger partial charge is 0.248 e. The van der Waals surface area contributed by atoms with Crippen LogP contribution in [0.25, 0.3) is 22.0 Å². The standard InChI is InChI=1S/C37H42BrFN8O3/c1-22(48)33-28-14-25(27-18-40-23(2)41-19-27)13-26(17-39)34(28)46(44-33)21-32(49)47-29-15-37(16-30(37)47)11-7-5-4-6-8-12-45(3)20-24-9-10-31(38)42-35(24)43-36(29)50/h9-10,13-14,18-19,29-30H,4-8,11-12,15-17,20-21H2,1-3H3,(H,42,43,50)/t29-,30+,37-/m0/s1. The predicted octanol–water partition coefficient (Wildman–Crippen LogP) is 6.42. The number of carbonyl (C=O) groups excluding carboxylic acids is 3. The van der Waals surface area contributed by atoms with Gasteiger partial charge in [-0.15, -0.1) is 0 Å². The minimum Gasteiger partial charge on any atom is -0.325 e. The molecule has 1 aliphatic carbocycles. The maximum Gasteiger partial charge on any atom is 0.248 e. The molecule has 1 N–H and O–H groups in total. The van der Waals surface area contributed by atoms with Gasteiger partial charge in [-0.05, 0) is 91.3 Å². The van der Waals surface area contributed by atoms with E-state index in [1.54, 1.807) is 36.4 Å². The zero-order valence-electron chi connectivity index (χ0n) is 28.7. The number of hydrogen-bond donors (Lipinski definition) is 1. The van der Waals surface area contributed by atoms with Crippen LogP contribution in [-0.4, -0.2) is 77.8 Å². The number of nitrogens with one attached hydrogen (secondary N) is 1. The SMILES string of the molecule is CC(=O)c1nn(CC(=O)N2[C@H]3C[C@@]4(CCCCCCCN(C)Cc5ccc(Br)nc5NC3=O)C[C@@H]24)c2c(CF)cc(-c3cnc(C)nc3)cc12. The van der Waals surface area contributed by atoms with Crippen LogP contribution in [0.1, 0.15) is 85.7 Å². The fourth-order valence-electron chi connectivity index (χ4n) is 8.03. The van der Waals surface area contributed by atoms with Gasteiger partial charge >= 0.3 is 0 Å². The van der Waals surface area contributed by atoms with Gasteiger partial charge in [-0.2, -0.15) is 5.10 Å². The highest BCUT2D eigenvalue weighted by molar-refractivity contribution is 9.10. The first-order valence-electron chi connectivity index (χ1n) is 17.4. The van der Waals surface area contributed by atoms with Crippen molar-refractivity contribution < 1.29 is 18.8 Å². The molecule has 1 aromatic carbocycles. The molecule has 7 rings (SSSR count).